The average Bonchev–Trinajstić information content (AvgIpc) is 3.07. The molecule has 0 spiro atoms. The molecule has 1 unspecified atom stereocenters. The van der Waals surface area contributed by atoms with Crippen molar-refractivity contribution in [2.45, 2.75) is 57.9 Å². The van der Waals surface area contributed by atoms with Crippen LogP contribution in [0.4, 0.5) is 0 Å². The lowest BCUT2D eigenvalue weighted by molar-refractivity contribution is 0.320. The van der Waals surface area contributed by atoms with Gasteiger partial charge in [0.05, 0.1) is 0 Å². The van der Waals surface area contributed by atoms with Crippen molar-refractivity contribution in [1.29, 1.82) is 0 Å². The Labute approximate surface area is 117 Å². The van der Waals surface area contributed by atoms with E-state index < -0.39 is 0 Å². The Morgan fingerprint density at radius 3 is 2.63 bits per heavy atom. The fourth-order valence-electron chi connectivity index (χ4n) is 3.58. The van der Waals surface area contributed by atoms with Gasteiger partial charge in [-0.25, -0.2) is 0 Å². The molecule has 3 rings (SSSR count). The van der Waals surface area contributed by atoms with Crippen LogP contribution in [0.25, 0.3) is 0 Å². The largest absolute Gasteiger partial charge is 0.314 e. The van der Waals surface area contributed by atoms with Crippen molar-refractivity contribution in [3.05, 3.63) is 35.4 Å². The van der Waals surface area contributed by atoms with Gasteiger partial charge >= 0.3 is 0 Å². The van der Waals surface area contributed by atoms with Crippen LogP contribution in [-0.2, 0) is 6.42 Å². The molecule has 2 fully saturated rings. The van der Waals surface area contributed by atoms with Gasteiger partial charge in [0.25, 0.3) is 0 Å². The van der Waals surface area contributed by atoms with Crippen LogP contribution in [0.3, 0.4) is 0 Å². The molecule has 1 nitrogen and oxygen atoms in total. The first-order valence-electron chi connectivity index (χ1n) is 8.10. The summed E-state index contributed by atoms with van der Waals surface area (Å²) >= 11 is 0. The Morgan fingerprint density at radius 1 is 1.16 bits per heavy atom. The summed E-state index contributed by atoms with van der Waals surface area (Å²) in [4.78, 5) is 0. The molecule has 2 saturated carbocycles. The van der Waals surface area contributed by atoms with Crippen molar-refractivity contribution in [2.24, 2.45) is 11.8 Å². The Morgan fingerprint density at radius 2 is 1.95 bits per heavy atom. The van der Waals surface area contributed by atoms with Gasteiger partial charge in [-0.2, -0.15) is 0 Å². The summed E-state index contributed by atoms with van der Waals surface area (Å²) in [7, 11) is 0. The molecule has 1 aromatic rings. The summed E-state index contributed by atoms with van der Waals surface area (Å²) in [5.41, 5.74) is 2.94. The van der Waals surface area contributed by atoms with Gasteiger partial charge in [0, 0.05) is 6.04 Å². The maximum absolute atomic E-state index is 3.77. The molecular weight excluding hydrogens is 230 g/mol. The van der Waals surface area contributed by atoms with Crippen LogP contribution in [0.1, 0.15) is 49.7 Å². The highest BCUT2D eigenvalue weighted by atomic mass is 14.9. The SMILES string of the molecule is Cc1cccc(CC(CNC2CC2)C2CCCC2)c1. The third kappa shape index (κ3) is 3.82. The van der Waals surface area contributed by atoms with Gasteiger partial charge in [-0.1, -0.05) is 55.5 Å². The highest BCUT2D eigenvalue weighted by Gasteiger charge is 2.28. The van der Waals surface area contributed by atoms with Gasteiger partial charge in [-0.3, -0.25) is 0 Å². The van der Waals surface area contributed by atoms with Crippen LogP contribution in [0.2, 0.25) is 0 Å². The van der Waals surface area contributed by atoms with Gasteiger partial charge in [0.15, 0.2) is 0 Å². The lowest BCUT2D eigenvalue weighted by Crippen LogP contribution is -2.30. The van der Waals surface area contributed by atoms with Gasteiger partial charge in [-0.05, 0) is 50.1 Å². The monoisotopic (exact) mass is 257 g/mol. The van der Waals surface area contributed by atoms with E-state index in [4.69, 9.17) is 0 Å². The first-order chi connectivity index (χ1) is 9.31. The molecule has 19 heavy (non-hydrogen) atoms. The van der Waals surface area contributed by atoms with Gasteiger partial charge in [0.1, 0.15) is 0 Å². The van der Waals surface area contributed by atoms with Crippen LogP contribution in [0.15, 0.2) is 24.3 Å². The minimum absolute atomic E-state index is 0.849. The van der Waals surface area contributed by atoms with Crippen LogP contribution in [-0.4, -0.2) is 12.6 Å². The van der Waals surface area contributed by atoms with E-state index in [2.05, 4.69) is 36.5 Å². The third-order valence-corrected chi connectivity index (χ3v) is 4.89. The van der Waals surface area contributed by atoms with Crippen molar-refractivity contribution >= 4 is 0 Å². The van der Waals surface area contributed by atoms with Crippen molar-refractivity contribution in [2.75, 3.05) is 6.54 Å². The molecule has 104 valence electrons. The first-order valence-corrected chi connectivity index (χ1v) is 8.10. The summed E-state index contributed by atoms with van der Waals surface area (Å²) in [5.74, 6) is 1.82. The molecule has 1 atom stereocenters. The van der Waals surface area contributed by atoms with E-state index in [0.717, 1.165) is 17.9 Å². The third-order valence-electron chi connectivity index (χ3n) is 4.89. The fourth-order valence-corrected chi connectivity index (χ4v) is 3.58. The second-order valence-corrected chi connectivity index (χ2v) is 6.68. The molecule has 1 N–H and O–H groups in total. The van der Waals surface area contributed by atoms with E-state index >= 15 is 0 Å². The number of rotatable bonds is 6. The molecule has 2 aliphatic rings. The van der Waals surface area contributed by atoms with E-state index in [-0.39, 0.29) is 0 Å². The molecular formula is C18H27N. The Kier molecular flexibility index (Phi) is 4.22. The molecule has 0 radical (unpaired) electrons. The smallest absolute Gasteiger partial charge is 0.00683 e. The van der Waals surface area contributed by atoms with E-state index in [9.17, 15) is 0 Å². The number of hydrogen-bond donors (Lipinski definition) is 1. The van der Waals surface area contributed by atoms with Gasteiger partial charge in [0.2, 0.25) is 0 Å². The van der Waals surface area contributed by atoms with Crippen LogP contribution >= 0.6 is 0 Å². The molecule has 0 amide bonds. The number of nitrogens with one attached hydrogen (secondary N) is 1. The lowest BCUT2D eigenvalue weighted by Gasteiger charge is -2.24. The Hall–Kier alpha value is -0.820. The van der Waals surface area contributed by atoms with Crippen molar-refractivity contribution in [3.63, 3.8) is 0 Å². The number of benzene rings is 1. The highest BCUT2D eigenvalue weighted by Crippen LogP contribution is 2.33. The highest BCUT2D eigenvalue weighted by molar-refractivity contribution is 5.22. The molecule has 1 aromatic carbocycles. The van der Waals surface area contributed by atoms with Crippen LogP contribution in [0.5, 0.6) is 0 Å². The van der Waals surface area contributed by atoms with E-state index in [0.29, 0.717) is 0 Å². The van der Waals surface area contributed by atoms with Crippen molar-refractivity contribution in [3.8, 4) is 0 Å². The molecule has 1 heteroatoms. The zero-order chi connectivity index (χ0) is 13.1. The van der Waals surface area contributed by atoms with Gasteiger partial charge < -0.3 is 5.32 Å². The summed E-state index contributed by atoms with van der Waals surface area (Å²) < 4.78 is 0. The Bertz CT molecular complexity index is 402. The minimum atomic E-state index is 0.849. The van der Waals surface area contributed by atoms with Gasteiger partial charge in [-0.15, -0.1) is 0 Å². The summed E-state index contributed by atoms with van der Waals surface area (Å²) in [6.45, 7) is 3.44. The molecule has 0 aromatic heterocycles. The fraction of sp³-hybridized carbons (Fsp3) is 0.667. The summed E-state index contributed by atoms with van der Waals surface area (Å²) in [5, 5.41) is 3.77. The van der Waals surface area contributed by atoms with E-state index in [1.165, 1.54) is 62.6 Å². The molecule has 0 saturated heterocycles. The predicted octanol–water partition coefficient (Wildman–Crippen LogP) is 4.10. The van der Waals surface area contributed by atoms with Crippen LogP contribution in [0, 0.1) is 18.8 Å². The maximum Gasteiger partial charge on any atom is 0.00683 e. The second-order valence-electron chi connectivity index (χ2n) is 6.68. The average molecular weight is 257 g/mol. The first kappa shape index (κ1) is 13.2. The predicted molar refractivity (Wildman–Crippen MR) is 81.4 cm³/mol. The molecule has 2 aliphatic carbocycles. The summed E-state index contributed by atoms with van der Waals surface area (Å²) in [6, 6.07) is 9.95. The van der Waals surface area contributed by atoms with Crippen molar-refractivity contribution in [1.82, 2.24) is 5.32 Å². The maximum atomic E-state index is 3.77. The standard InChI is InChI=1S/C18H27N/c1-14-5-4-6-15(11-14)12-17(13-19-18-9-10-18)16-7-2-3-8-16/h4-6,11,16-19H,2-3,7-10,12-13H2,1H3. The Balaban J connectivity index is 1.62. The second kappa shape index (κ2) is 6.09. The minimum Gasteiger partial charge on any atom is -0.314 e. The number of hydrogen-bond acceptors (Lipinski definition) is 1. The number of aryl methyl sites for hydroxylation is 1. The van der Waals surface area contributed by atoms with Crippen LogP contribution < -0.4 is 5.32 Å². The molecule has 0 heterocycles. The normalized spacial score (nSPS) is 21.7. The zero-order valence-corrected chi connectivity index (χ0v) is 12.2. The van der Waals surface area contributed by atoms with E-state index in [1.54, 1.807) is 0 Å². The lowest BCUT2D eigenvalue weighted by atomic mass is 9.85. The van der Waals surface area contributed by atoms with Crippen molar-refractivity contribution < 1.29 is 0 Å². The quantitative estimate of drug-likeness (QED) is 0.809. The topological polar surface area (TPSA) is 12.0 Å². The zero-order valence-electron chi connectivity index (χ0n) is 12.2. The molecule has 0 bridgehead atoms. The van der Waals surface area contributed by atoms with E-state index in [1.807, 2.05) is 0 Å². The summed E-state index contributed by atoms with van der Waals surface area (Å²) in [6.07, 6.45) is 9.91. The molecule has 0 aliphatic heterocycles.